The minimum absolute atomic E-state index is 0.168. The second-order valence-electron chi connectivity index (χ2n) is 4.49. The Bertz CT molecular complexity index is 690. The van der Waals surface area contributed by atoms with Gasteiger partial charge < -0.3 is 15.0 Å². The van der Waals surface area contributed by atoms with E-state index in [1.807, 2.05) is 0 Å². The molecule has 0 aliphatic carbocycles. The van der Waals surface area contributed by atoms with E-state index >= 15 is 0 Å². The lowest BCUT2D eigenvalue weighted by atomic mass is 10.2. The fraction of sp³-hybridized carbons (Fsp3) is 0.462. The van der Waals surface area contributed by atoms with E-state index in [-0.39, 0.29) is 11.5 Å². The number of hydrogen-bond donors (Lipinski definition) is 2. The van der Waals surface area contributed by atoms with Gasteiger partial charge in [-0.05, 0) is 25.8 Å². The summed E-state index contributed by atoms with van der Waals surface area (Å²) >= 11 is 1.25. The quantitative estimate of drug-likeness (QED) is 0.816. The third-order valence-electron chi connectivity index (χ3n) is 2.94. The summed E-state index contributed by atoms with van der Waals surface area (Å²) < 4.78 is 4.93. The van der Waals surface area contributed by atoms with E-state index in [0.717, 1.165) is 6.42 Å². The van der Waals surface area contributed by atoms with Gasteiger partial charge in [0.15, 0.2) is 0 Å². The van der Waals surface area contributed by atoms with Crippen LogP contribution < -0.4 is 10.9 Å². The first-order valence-corrected chi connectivity index (χ1v) is 7.13. The largest absolute Gasteiger partial charge is 0.385 e. The molecule has 0 saturated carbocycles. The van der Waals surface area contributed by atoms with E-state index in [2.05, 4.69) is 15.3 Å². The molecule has 20 heavy (non-hydrogen) atoms. The molecule has 2 aromatic rings. The van der Waals surface area contributed by atoms with E-state index in [4.69, 9.17) is 4.74 Å². The van der Waals surface area contributed by atoms with E-state index in [0.29, 0.717) is 39.6 Å². The molecule has 0 aliphatic heterocycles. The number of rotatable bonds is 5. The lowest BCUT2D eigenvalue weighted by molar-refractivity contribution is 0.0952. The predicted molar refractivity (Wildman–Crippen MR) is 78.5 cm³/mol. The average molecular weight is 295 g/mol. The summed E-state index contributed by atoms with van der Waals surface area (Å²) in [6, 6.07) is 0. The van der Waals surface area contributed by atoms with Crippen LogP contribution in [0.15, 0.2) is 4.79 Å². The molecule has 7 heteroatoms. The number of aromatic amines is 1. The monoisotopic (exact) mass is 295 g/mol. The summed E-state index contributed by atoms with van der Waals surface area (Å²) in [4.78, 5) is 32.1. The van der Waals surface area contributed by atoms with Gasteiger partial charge in [-0.25, -0.2) is 4.98 Å². The van der Waals surface area contributed by atoms with Crippen molar-refractivity contribution in [1.82, 2.24) is 15.3 Å². The molecule has 0 aromatic carbocycles. The number of carbonyl (C=O) groups excluding carboxylic acids is 1. The van der Waals surface area contributed by atoms with Crippen molar-refractivity contribution in [2.75, 3.05) is 20.3 Å². The molecule has 2 heterocycles. The molecule has 2 N–H and O–H groups in total. The Morgan fingerprint density at radius 1 is 1.45 bits per heavy atom. The zero-order chi connectivity index (χ0) is 14.7. The Morgan fingerprint density at radius 3 is 2.90 bits per heavy atom. The highest BCUT2D eigenvalue weighted by atomic mass is 32.1. The number of nitrogens with zero attached hydrogens (tertiary/aromatic N) is 1. The van der Waals surface area contributed by atoms with Gasteiger partial charge in [0.1, 0.15) is 10.7 Å². The number of fused-ring (bicyclic) bond motifs is 1. The van der Waals surface area contributed by atoms with E-state index < -0.39 is 0 Å². The SMILES string of the molecule is COCCCNC(=O)c1sc2nc(C)[nH]c(=O)c2c1C. The molecule has 0 spiro atoms. The van der Waals surface area contributed by atoms with Crippen molar-refractivity contribution in [3.05, 3.63) is 26.6 Å². The van der Waals surface area contributed by atoms with Gasteiger partial charge >= 0.3 is 0 Å². The number of nitrogens with one attached hydrogen (secondary N) is 2. The minimum Gasteiger partial charge on any atom is -0.385 e. The van der Waals surface area contributed by atoms with Crippen molar-refractivity contribution >= 4 is 27.5 Å². The maximum absolute atomic E-state index is 12.1. The van der Waals surface area contributed by atoms with Gasteiger partial charge in [0.25, 0.3) is 11.5 Å². The lowest BCUT2D eigenvalue weighted by Gasteiger charge is -2.03. The Morgan fingerprint density at radius 2 is 2.20 bits per heavy atom. The van der Waals surface area contributed by atoms with Gasteiger partial charge in [-0.15, -0.1) is 11.3 Å². The fourth-order valence-electron chi connectivity index (χ4n) is 1.97. The third kappa shape index (κ3) is 2.88. The van der Waals surface area contributed by atoms with Crippen molar-refractivity contribution in [1.29, 1.82) is 0 Å². The highest BCUT2D eigenvalue weighted by Gasteiger charge is 2.18. The second kappa shape index (κ2) is 6.15. The molecule has 2 aromatic heterocycles. The van der Waals surface area contributed by atoms with Crippen molar-refractivity contribution in [2.24, 2.45) is 0 Å². The number of thiophene rings is 1. The Balaban J connectivity index is 2.27. The summed E-state index contributed by atoms with van der Waals surface area (Å²) in [5.74, 6) is 0.384. The molecule has 0 radical (unpaired) electrons. The lowest BCUT2D eigenvalue weighted by Crippen LogP contribution is -2.25. The van der Waals surface area contributed by atoms with Gasteiger partial charge in [-0.2, -0.15) is 0 Å². The normalized spacial score (nSPS) is 10.9. The predicted octanol–water partition coefficient (Wildman–Crippen LogP) is 1.37. The van der Waals surface area contributed by atoms with Crippen molar-refractivity contribution in [3.63, 3.8) is 0 Å². The van der Waals surface area contributed by atoms with Gasteiger partial charge in [0.2, 0.25) is 0 Å². The molecule has 2 rings (SSSR count). The molecule has 0 unspecified atom stereocenters. The van der Waals surface area contributed by atoms with Crippen molar-refractivity contribution in [3.8, 4) is 0 Å². The maximum atomic E-state index is 12.1. The first kappa shape index (κ1) is 14.7. The van der Waals surface area contributed by atoms with Crippen LogP contribution in [0.2, 0.25) is 0 Å². The Labute approximate surface area is 120 Å². The number of aromatic nitrogens is 2. The van der Waals surface area contributed by atoms with Crippen LogP contribution in [0.1, 0.15) is 27.5 Å². The number of hydrogen-bond acceptors (Lipinski definition) is 5. The number of carbonyl (C=O) groups is 1. The smallest absolute Gasteiger partial charge is 0.261 e. The molecule has 6 nitrogen and oxygen atoms in total. The summed E-state index contributed by atoms with van der Waals surface area (Å²) in [6.45, 7) is 4.64. The number of ether oxygens (including phenoxy) is 1. The highest BCUT2D eigenvalue weighted by molar-refractivity contribution is 7.20. The third-order valence-corrected chi connectivity index (χ3v) is 4.12. The van der Waals surface area contributed by atoms with Crippen molar-refractivity contribution in [2.45, 2.75) is 20.3 Å². The van der Waals surface area contributed by atoms with Crippen LogP contribution in [0.5, 0.6) is 0 Å². The first-order chi connectivity index (χ1) is 9.54. The molecule has 0 bridgehead atoms. The summed E-state index contributed by atoms with van der Waals surface area (Å²) in [5.41, 5.74) is 0.489. The maximum Gasteiger partial charge on any atom is 0.261 e. The molecule has 0 fully saturated rings. The van der Waals surface area contributed by atoms with E-state index in [1.54, 1.807) is 21.0 Å². The van der Waals surface area contributed by atoms with Gasteiger partial charge in [0, 0.05) is 20.3 Å². The first-order valence-electron chi connectivity index (χ1n) is 6.31. The van der Waals surface area contributed by atoms with Crippen LogP contribution in [-0.4, -0.2) is 36.1 Å². The molecule has 0 aliphatic rings. The van der Waals surface area contributed by atoms with Crippen LogP contribution in [0.3, 0.4) is 0 Å². The highest BCUT2D eigenvalue weighted by Crippen LogP contribution is 2.26. The topological polar surface area (TPSA) is 84.1 Å². The molecule has 108 valence electrons. The number of amides is 1. The summed E-state index contributed by atoms with van der Waals surface area (Å²) in [6.07, 6.45) is 0.754. The Kier molecular flexibility index (Phi) is 4.51. The van der Waals surface area contributed by atoms with Gasteiger partial charge in [0.05, 0.1) is 10.3 Å². The standard InChI is InChI=1S/C13H17N3O3S/c1-7-9-11(17)15-8(2)16-13(9)20-10(7)12(18)14-5-4-6-19-3/h4-6H2,1-3H3,(H,14,18)(H,15,16,17). The molecule has 0 atom stereocenters. The zero-order valence-corrected chi connectivity index (χ0v) is 12.5. The van der Waals surface area contributed by atoms with Crippen LogP contribution >= 0.6 is 11.3 Å². The zero-order valence-electron chi connectivity index (χ0n) is 11.7. The van der Waals surface area contributed by atoms with Gasteiger partial charge in [-0.1, -0.05) is 0 Å². The molecular weight excluding hydrogens is 278 g/mol. The minimum atomic E-state index is -0.195. The molecule has 1 amide bonds. The fourth-order valence-corrected chi connectivity index (χ4v) is 3.11. The second-order valence-corrected chi connectivity index (χ2v) is 5.49. The molecular formula is C13H17N3O3S. The van der Waals surface area contributed by atoms with Gasteiger partial charge in [-0.3, -0.25) is 9.59 Å². The summed E-state index contributed by atoms with van der Waals surface area (Å²) in [5, 5.41) is 3.32. The summed E-state index contributed by atoms with van der Waals surface area (Å²) in [7, 11) is 1.62. The molecule has 0 saturated heterocycles. The van der Waals surface area contributed by atoms with E-state index in [9.17, 15) is 9.59 Å². The van der Waals surface area contributed by atoms with E-state index in [1.165, 1.54) is 11.3 Å². The van der Waals surface area contributed by atoms with Crippen molar-refractivity contribution < 1.29 is 9.53 Å². The number of methoxy groups -OCH3 is 1. The van der Waals surface area contributed by atoms with Crippen LogP contribution in [0.25, 0.3) is 10.2 Å². The Hall–Kier alpha value is -1.73. The van der Waals surface area contributed by atoms with Crippen LogP contribution in [-0.2, 0) is 4.74 Å². The van der Waals surface area contributed by atoms with Crippen LogP contribution in [0, 0.1) is 13.8 Å². The number of aryl methyl sites for hydroxylation is 2. The van der Waals surface area contributed by atoms with Crippen LogP contribution in [0.4, 0.5) is 0 Å². The average Bonchev–Trinajstić information content (AvgIpc) is 2.71. The number of H-pyrrole nitrogens is 1.